The molecular formula is C18H26IN3O2S. The Morgan fingerprint density at radius 1 is 1.16 bits per heavy atom. The number of rotatable bonds is 9. The molecule has 1 aromatic carbocycles. The lowest BCUT2D eigenvalue weighted by molar-refractivity contribution is 0.146. The average molecular weight is 475 g/mol. The van der Waals surface area contributed by atoms with Crippen molar-refractivity contribution >= 4 is 41.3 Å². The van der Waals surface area contributed by atoms with Crippen molar-refractivity contribution in [3.05, 3.63) is 52.2 Å². The summed E-state index contributed by atoms with van der Waals surface area (Å²) >= 11 is 1.74. The molecule has 138 valence electrons. The van der Waals surface area contributed by atoms with E-state index in [0.717, 1.165) is 30.4 Å². The van der Waals surface area contributed by atoms with Crippen LogP contribution in [0.15, 0.2) is 46.8 Å². The molecule has 0 aliphatic carbocycles. The maximum Gasteiger partial charge on any atom is 0.191 e. The van der Waals surface area contributed by atoms with Crippen LogP contribution in [0.25, 0.3) is 0 Å². The number of benzene rings is 1. The van der Waals surface area contributed by atoms with Gasteiger partial charge in [-0.05, 0) is 36.1 Å². The standard InChI is InChI=1S/C18H25N3O2S.HI/c1-3-19-18(21-14-17-8-5-11-24-17)20-13-15-6-4-7-16(12-15)23-10-9-22-2;/h4-8,11-12H,3,9-10,13-14H2,1-2H3,(H2,19,20,21);1H. The van der Waals surface area contributed by atoms with Crippen LogP contribution < -0.4 is 15.4 Å². The van der Waals surface area contributed by atoms with Gasteiger partial charge in [-0.25, -0.2) is 4.99 Å². The van der Waals surface area contributed by atoms with Crippen LogP contribution in [0.3, 0.4) is 0 Å². The number of hydrogen-bond donors (Lipinski definition) is 2. The van der Waals surface area contributed by atoms with Gasteiger partial charge in [-0.1, -0.05) is 18.2 Å². The lowest BCUT2D eigenvalue weighted by atomic mass is 10.2. The predicted octanol–water partition coefficient (Wildman–Crippen LogP) is 3.65. The number of halogens is 1. The van der Waals surface area contributed by atoms with Crippen LogP contribution >= 0.6 is 35.3 Å². The van der Waals surface area contributed by atoms with Crippen LogP contribution in [0.1, 0.15) is 17.4 Å². The fraction of sp³-hybridized carbons (Fsp3) is 0.389. The summed E-state index contributed by atoms with van der Waals surface area (Å²) in [7, 11) is 1.67. The van der Waals surface area contributed by atoms with Crippen LogP contribution in [0.4, 0.5) is 0 Å². The fourth-order valence-corrected chi connectivity index (χ4v) is 2.72. The second-order valence-electron chi connectivity index (χ2n) is 5.12. The molecule has 2 rings (SSSR count). The first-order chi connectivity index (χ1) is 11.8. The predicted molar refractivity (Wildman–Crippen MR) is 115 cm³/mol. The lowest BCUT2D eigenvalue weighted by Gasteiger charge is -2.11. The zero-order valence-electron chi connectivity index (χ0n) is 14.7. The molecule has 0 radical (unpaired) electrons. The Kier molecular flexibility index (Phi) is 11.3. The second-order valence-corrected chi connectivity index (χ2v) is 6.15. The molecule has 0 aliphatic rings. The number of nitrogens with zero attached hydrogens (tertiary/aromatic N) is 1. The summed E-state index contributed by atoms with van der Waals surface area (Å²) in [5.41, 5.74) is 1.11. The third-order valence-electron chi connectivity index (χ3n) is 3.23. The van der Waals surface area contributed by atoms with Crippen molar-refractivity contribution in [2.75, 3.05) is 26.9 Å². The summed E-state index contributed by atoms with van der Waals surface area (Å²) in [6.45, 7) is 5.40. The quantitative estimate of drug-likeness (QED) is 0.252. The van der Waals surface area contributed by atoms with Gasteiger partial charge in [0.15, 0.2) is 5.96 Å². The lowest BCUT2D eigenvalue weighted by Crippen LogP contribution is -2.36. The maximum absolute atomic E-state index is 5.63. The maximum atomic E-state index is 5.63. The van der Waals surface area contributed by atoms with Gasteiger partial charge >= 0.3 is 0 Å². The molecule has 0 saturated heterocycles. The van der Waals surface area contributed by atoms with E-state index in [1.807, 2.05) is 18.2 Å². The molecule has 2 aromatic rings. The molecule has 1 aromatic heterocycles. The van der Waals surface area contributed by atoms with Crippen LogP contribution in [-0.2, 0) is 17.8 Å². The van der Waals surface area contributed by atoms with Gasteiger partial charge < -0.3 is 20.1 Å². The van der Waals surface area contributed by atoms with E-state index in [9.17, 15) is 0 Å². The van der Waals surface area contributed by atoms with Crippen LogP contribution in [0.2, 0.25) is 0 Å². The average Bonchev–Trinajstić information content (AvgIpc) is 3.11. The van der Waals surface area contributed by atoms with Crippen molar-refractivity contribution in [1.29, 1.82) is 0 Å². The Hall–Kier alpha value is -1.32. The summed E-state index contributed by atoms with van der Waals surface area (Å²) < 4.78 is 10.6. The molecule has 0 fully saturated rings. The highest BCUT2D eigenvalue weighted by atomic mass is 127. The summed E-state index contributed by atoms with van der Waals surface area (Å²) in [6.07, 6.45) is 0. The largest absolute Gasteiger partial charge is 0.491 e. The van der Waals surface area contributed by atoms with Gasteiger partial charge in [-0.2, -0.15) is 0 Å². The molecule has 0 unspecified atom stereocenters. The monoisotopic (exact) mass is 475 g/mol. The smallest absolute Gasteiger partial charge is 0.191 e. The Morgan fingerprint density at radius 3 is 2.76 bits per heavy atom. The summed E-state index contributed by atoms with van der Waals surface area (Å²) in [5, 5.41) is 8.70. The Labute approximate surface area is 170 Å². The number of guanidine groups is 1. The number of ether oxygens (including phenoxy) is 2. The Morgan fingerprint density at radius 2 is 2.04 bits per heavy atom. The van der Waals surface area contributed by atoms with E-state index < -0.39 is 0 Å². The molecule has 0 spiro atoms. The molecule has 0 aliphatic heterocycles. The van der Waals surface area contributed by atoms with Crippen LogP contribution in [-0.4, -0.2) is 32.8 Å². The van der Waals surface area contributed by atoms with Gasteiger partial charge in [-0.15, -0.1) is 35.3 Å². The van der Waals surface area contributed by atoms with Crippen molar-refractivity contribution in [2.24, 2.45) is 4.99 Å². The van der Waals surface area contributed by atoms with E-state index in [-0.39, 0.29) is 24.0 Å². The summed E-state index contributed by atoms with van der Waals surface area (Å²) in [5.74, 6) is 1.66. The van der Waals surface area contributed by atoms with Gasteiger partial charge in [0.25, 0.3) is 0 Å². The van der Waals surface area contributed by atoms with E-state index in [0.29, 0.717) is 19.8 Å². The zero-order chi connectivity index (χ0) is 17.0. The molecule has 0 amide bonds. The first-order valence-corrected chi connectivity index (χ1v) is 8.95. The Balaban J connectivity index is 0.00000312. The topological polar surface area (TPSA) is 54.9 Å². The normalized spacial score (nSPS) is 10.9. The fourth-order valence-electron chi connectivity index (χ4n) is 2.07. The zero-order valence-corrected chi connectivity index (χ0v) is 17.8. The number of hydrogen-bond acceptors (Lipinski definition) is 4. The van der Waals surface area contributed by atoms with Crippen molar-refractivity contribution in [2.45, 2.75) is 20.0 Å². The molecule has 0 bridgehead atoms. The molecule has 2 N–H and O–H groups in total. The minimum absolute atomic E-state index is 0. The minimum Gasteiger partial charge on any atom is -0.491 e. The second kappa shape index (κ2) is 13.0. The summed E-state index contributed by atoms with van der Waals surface area (Å²) in [6, 6.07) is 12.2. The Bertz CT molecular complexity index is 621. The first-order valence-electron chi connectivity index (χ1n) is 8.07. The molecule has 1 heterocycles. The van der Waals surface area contributed by atoms with E-state index in [1.54, 1.807) is 18.4 Å². The third kappa shape index (κ3) is 8.55. The third-order valence-corrected chi connectivity index (χ3v) is 4.11. The molecule has 7 heteroatoms. The van der Waals surface area contributed by atoms with Crippen molar-refractivity contribution < 1.29 is 9.47 Å². The highest BCUT2D eigenvalue weighted by molar-refractivity contribution is 14.0. The molecular weight excluding hydrogens is 449 g/mol. The minimum atomic E-state index is 0. The van der Waals surface area contributed by atoms with Gasteiger partial charge in [-0.3, -0.25) is 0 Å². The van der Waals surface area contributed by atoms with Gasteiger partial charge in [0.2, 0.25) is 0 Å². The molecule has 0 saturated carbocycles. The number of methoxy groups -OCH3 is 1. The van der Waals surface area contributed by atoms with Gasteiger partial charge in [0.05, 0.1) is 19.7 Å². The highest BCUT2D eigenvalue weighted by Gasteiger charge is 2.01. The molecule has 0 atom stereocenters. The highest BCUT2D eigenvalue weighted by Crippen LogP contribution is 2.14. The van der Waals surface area contributed by atoms with Crippen molar-refractivity contribution in [3.63, 3.8) is 0 Å². The van der Waals surface area contributed by atoms with Crippen LogP contribution in [0.5, 0.6) is 5.75 Å². The summed E-state index contributed by atoms with van der Waals surface area (Å²) in [4.78, 5) is 5.93. The van der Waals surface area contributed by atoms with E-state index in [4.69, 9.17) is 9.47 Å². The van der Waals surface area contributed by atoms with Gasteiger partial charge in [0.1, 0.15) is 12.4 Å². The number of thiophene rings is 1. The molecule has 5 nitrogen and oxygen atoms in total. The van der Waals surface area contributed by atoms with E-state index >= 15 is 0 Å². The molecule has 25 heavy (non-hydrogen) atoms. The van der Waals surface area contributed by atoms with Crippen molar-refractivity contribution in [1.82, 2.24) is 10.6 Å². The SMILES string of the molecule is CCNC(=NCc1cccc(OCCOC)c1)NCc1cccs1.I. The van der Waals surface area contributed by atoms with Crippen LogP contribution in [0, 0.1) is 0 Å². The van der Waals surface area contributed by atoms with E-state index in [1.165, 1.54) is 4.88 Å². The number of nitrogens with one attached hydrogen (secondary N) is 2. The first kappa shape index (κ1) is 21.7. The van der Waals surface area contributed by atoms with E-state index in [2.05, 4.69) is 46.1 Å². The number of aliphatic imine (C=N–C) groups is 1. The van der Waals surface area contributed by atoms with Crippen molar-refractivity contribution in [3.8, 4) is 5.75 Å². The van der Waals surface area contributed by atoms with Gasteiger partial charge in [0, 0.05) is 18.5 Å².